The number of pyridine rings is 1. The molecule has 0 saturated carbocycles. The molecule has 0 aliphatic carbocycles. The van der Waals surface area contributed by atoms with Crippen molar-refractivity contribution in [1.82, 2.24) is 14.6 Å². The van der Waals surface area contributed by atoms with Crippen molar-refractivity contribution in [1.29, 1.82) is 0 Å². The average Bonchev–Trinajstić information content (AvgIpc) is 2.59. The van der Waals surface area contributed by atoms with Gasteiger partial charge in [0, 0.05) is 37.1 Å². The van der Waals surface area contributed by atoms with Crippen molar-refractivity contribution in [3.8, 4) is 0 Å². The molecule has 6 nitrogen and oxygen atoms in total. The molecule has 1 aromatic carbocycles. The fraction of sp³-hybridized carbons (Fsp3) is 0.368. The van der Waals surface area contributed by atoms with Crippen molar-refractivity contribution in [2.75, 3.05) is 12.8 Å². The molecule has 1 aliphatic heterocycles. The predicted octanol–water partition coefficient (Wildman–Crippen LogP) is 1.95. The van der Waals surface area contributed by atoms with Gasteiger partial charge < -0.3 is 4.90 Å². The highest BCUT2D eigenvalue weighted by Crippen LogP contribution is 2.25. The molecule has 1 N–H and O–H groups in total. The Morgan fingerprint density at radius 2 is 2.08 bits per heavy atom. The first-order chi connectivity index (χ1) is 12.2. The van der Waals surface area contributed by atoms with Crippen LogP contribution in [0.15, 0.2) is 30.5 Å². The second-order valence-electron chi connectivity index (χ2n) is 6.77. The van der Waals surface area contributed by atoms with Gasteiger partial charge in [0.05, 0.1) is 6.26 Å². The Kier molecular flexibility index (Phi) is 5.11. The SMILES string of the molecule is Cc1cccc(C(=O)N2CCc3c(cnc(C)c3CNS(C)(=O)=O)C2)c1. The summed E-state index contributed by atoms with van der Waals surface area (Å²) in [5.41, 5.74) is 5.55. The number of carbonyl (C=O) groups excluding carboxylic acids is 1. The van der Waals surface area contributed by atoms with Gasteiger partial charge in [0.15, 0.2) is 0 Å². The summed E-state index contributed by atoms with van der Waals surface area (Å²) in [4.78, 5) is 19.0. The molecule has 1 aromatic heterocycles. The molecule has 1 amide bonds. The fourth-order valence-corrected chi connectivity index (χ4v) is 3.70. The van der Waals surface area contributed by atoms with Gasteiger partial charge in [-0.15, -0.1) is 0 Å². The van der Waals surface area contributed by atoms with E-state index in [9.17, 15) is 13.2 Å². The number of benzene rings is 1. The third kappa shape index (κ3) is 4.11. The first-order valence-electron chi connectivity index (χ1n) is 8.51. The summed E-state index contributed by atoms with van der Waals surface area (Å²) < 4.78 is 25.4. The third-order valence-electron chi connectivity index (χ3n) is 4.66. The standard InChI is InChI=1S/C19H23N3O3S/c1-13-5-4-6-15(9-13)19(23)22-8-7-17-16(12-22)10-20-14(2)18(17)11-21-26(3,24)25/h4-6,9-10,21H,7-8,11-12H2,1-3H3. The van der Waals surface area contributed by atoms with Gasteiger partial charge in [0.2, 0.25) is 10.0 Å². The Balaban J connectivity index is 1.84. The number of sulfonamides is 1. The van der Waals surface area contributed by atoms with Crippen LogP contribution >= 0.6 is 0 Å². The second kappa shape index (κ2) is 7.17. The van der Waals surface area contributed by atoms with Gasteiger partial charge in [0.1, 0.15) is 0 Å². The number of hydrogen-bond donors (Lipinski definition) is 1. The van der Waals surface area contributed by atoms with E-state index in [0.717, 1.165) is 34.2 Å². The lowest BCUT2D eigenvalue weighted by Crippen LogP contribution is -2.37. The van der Waals surface area contributed by atoms with Gasteiger partial charge in [-0.3, -0.25) is 9.78 Å². The van der Waals surface area contributed by atoms with E-state index in [1.807, 2.05) is 43.0 Å². The van der Waals surface area contributed by atoms with Crippen LogP contribution in [0.2, 0.25) is 0 Å². The van der Waals surface area contributed by atoms with E-state index in [2.05, 4.69) is 9.71 Å². The molecule has 7 heteroatoms. The van der Waals surface area contributed by atoms with Gasteiger partial charge in [-0.2, -0.15) is 0 Å². The number of nitrogens with one attached hydrogen (secondary N) is 1. The lowest BCUT2D eigenvalue weighted by molar-refractivity contribution is 0.0734. The van der Waals surface area contributed by atoms with Crippen molar-refractivity contribution in [2.45, 2.75) is 33.4 Å². The number of aromatic nitrogens is 1. The highest BCUT2D eigenvalue weighted by atomic mass is 32.2. The van der Waals surface area contributed by atoms with E-state index in [1.54, 1.807) is 6.20 Å². The van der Waals surface area contributed by atoms with Crippen LogP contribution in [0.3, 0.4) is 0 Å². The van der Waals surface area contributed by atoms with Crippen molar-refractivity contribution in [2.24, 2.45) is 0 Å². The van der Waals surface area contributed by atoms with Crippen molar-refractivity contribution >= 4 is 15.9 Å². The van der Waals surface area contributed by atoms with E-state index in [1.165, 1.54) is 0 Å². The molecule has 0 spiro atoms. The minimum atomic E-state index is -3.27. The maximum absolute atomic E-state index is 12.8. The maximum Gasteiger partial charge on any atom is 0.254 e. The zero-order chi connectivity index (χ0) is 18.9. The van der Waals surface area contributed by atoms with Crippen LogP contribution in [0.1, 0.15) is 38.3 Å². The second-order valence-corrected chi connectivity index (χ2v) is 8.60. The molecule has 0 bridgehead atoms. The molecule has 1 aliphatic rings. The monoisotopic (exact) mass is 373 g/mol. The minimum absolute atomic E-state index is 0.00994. The number of fused-ring (bicyclic) bond motifs is 1. The summed E-state index contributed by atoms with van der Waals surface area (Å²) in [5, 5.41) is 0. The molecule has 2 heterocycles. The molecule has 2 aromatic rings. The Morgan fingerprint density at radius 3 is 2.77 bits per heavy atom. The lowest BCUT2D eigenvalue weighted by Gasteiger charge is -2.30. The van der Waals surface area contributed by atoms with Crippen LogP contribution in [0.25, 0.3) is 0 Å². The van der Waals surface area contributed by atoms with Gasteiger partial charge >= 0.3 is 0 Å². The Labute approximate surface area is 154 Å². The van der Waals surface area contributed by atoms with Crippen molar-refractivity contribution < 1.29 is 13.2 Å². The maximum atomic E-state index is 12.8. The largest absolute Gasteiger partial charge is 0.334 e. The topological polar surface area (TPSA) is 79.4 Å². The summed E-state index contributed by atoms with van der Waals surface area (Å²) >= 11 is 0. The zero-order valence-corrected chi connectivity index (χ0v) is 16.1. The van der Waals surface area contributed by atoms with Crippen LogP contribution in [0.5, 0.6) is 0 Å². The number of rotatable bonds is 4. The van der Waals surface area contributed by atoms with E-state index < -0.39 is 10.0 Å². The first-order valence-corrected chi connectivity index (χ1v) is 10.4. The van der Waals surface area contributed by atoms with E-state index in [0.29, 0.717) is 25.1 Å². The fourth-order valence-electron chi connectivity index (χ4n) is 3.29. The van der Waals surface area contributed by atoms with Crippen LogP contribution in [0, 0.1) is 13.8 Å². The molecular weight excluding hydrogens is 350 g/mol. The van der Waals surface area contributed by atoms with Crippen molar-refractivity contribution in [3.05, 3.63) is 64.0 Å². The molecule has 0 fully saturated rings. The number of amides is 1. The van der Waals surface area contributed by atoms with Gasteiger partial charge in [-0.05, 0) is 49.1 Å². The van der Waals surface area contributed by atoms with Gasteiger partial charge in [-0.25, -0.2) is 13.1 Å². The molecule has 0 saturated heterocycles. The van der Waals surface area contributed by atoms with Gasteiger partial charge in [0.25, 0.3) is 5.91 Å². The first kappa shape index (κ1) is 18.5. The molecule has 0 atom stereocenters. The molecule has 0 radical (unpaired) electrons. The molecule has 3 rings (SSSR count). The average molecular weight is 373 g/mol. The number of hydrogen-bond acceptors (Lipinski definition) is 4. The minimum Gasteiger partial charge on any atom is -0.334 e. The lowest BCUT2D eigenvalue weighted by atomic mass is 9.94. The Bertz CT molecular complexity index is 954. The molecule has 26 heavy (non-hydrogen) atoms. The van der Waals surface area contributed by atoms with Crippen LogP contribution in [-0.2, 0) is 29.5 Å². The number of carbonyl (C=O) groups is 1. The summed E-state index contributed by atoms with van der Waals surface area (Å²) in [5.74, 6) is 0.00994. The summed E-state index contributed by atoms with van der Waals surface area (Å²) in [7, 11) is -3.27. The summed E-state index contributed by atoms with van der Waals surface area (Å²) in [6, 6.07) is 7.59. The highest BCUT2D eigenvalue weighted by molar-refractivity contribution is 7.88. The Hall–Kier alpha value is -2.25. The van der Waals surface area contributed by atoms with Gasteiger partial charge in [-0.1, -0.05) is 17.7 Å². The molecule has 138 valence electrons. The quantitative estimate of drug-likeness (QED) is 0.888. The molecule has 0 unspecified atom stereocenters. The molecular formula is C19H23N3O3S. The van der Waals surface area contributed by atoms with Crippen molar-refractivity contribution in [3.63, 3.8) is 0 Å². The summed E-state index contributed by atoms with van der Waals surface area (Å²) in [6.45, 7) is 5.17. The van der Waals surface area contributed by atoms with E-state index >= 15 is 0 Å². The van der Waals surface area contributed by atoms with E-state index in [-0.39, 0.29) is 12.5 Å². The van der Waals surface area contributed by atoms with E-state index in [4.69, 9.17) is 0 Å². The smallest absolute Gasteiger partial charge is 0.254 e. The third-order valence-corrected chi connectivity index (χ3v) is 5.33. The highest BCUT2D eigenvalue weighted by Gasteiger charge is 2.25. The van der Waals surface area contributed by atoms with Crippen LogP contribution in [0.4, 0.5) is 0 Å². The number of aryl methyl sites for hydroxylation is 2. The zero-order valence-electron chi connectivity index (χ0n) is 15.2. The Morgan fingerprint density at radius 1 is 1.31 bits per heavy atom. The predicted molar refractivity (Wildman–Crippen MR) is 100 cm³/mol. The van der Waals surface area contributed by atoms with Crippen LogP contribution in [-0.4, -0.2) is 37.0 Å². The van der Waals surface area contributed by atoms with Crippen LogP contribution < -0.4 is 4.72 Å². The normalized spacial score (nSPS) is 14.2. The number of nitrogens with zero attached hydrogens (tertiary/aromatic N) is 2. The summed E-state index contributed by atoms with van der Waals surface area (Å²) in [6.07, 6.45) is 3.63.